The number of para-hydroxylation sites is 1. The van der Waals surface area contributed by atoms with Crippen LogP contribution in [-0.2, 0) is 17.6 Å². The van der Waals surface area contributed by atoms with Crippen molar-refractivity contribution in [3.8, 4) is 0 Å². The van der Waals surface area contributed by atoms with E-state index in [0.29, 0.717) is 0 Å². The molecule has 0 aliphatic heterocycles. The van der Waals surface area contributed by atoms with Crippen molar-refractivity contribution in [1.29, 1.82) is 0 Å². The Bertz CT molecular complexity index is 393. The van der Waals surface area contributed by atoms with Crippen molar-refractivity contribution >= 4 is 11.6 Å². The van der Waals surface area contributed by atoms with Gasteiger partial charge in [-0.1, -0.05) is 45.9 Å². The molecule has 0 radical (unpaired) electrons. The number of nitrogens with one attached hydrogen (secondary N) is 2. The van der Waals surface area contributed by atoms with E-state index in [-0.39, 0.29) is 11.8 Å². The molecule has 2 N–H and O–H groups in total. The largest absolute Gasteiger partial charge is 0.325 e. The number of aryl methyl sites for hydroxylation is 2. The van der Waals surface area contributed by atoms with Crippen molar-refractivity contribution in [2.24, 2.45) is 5.92 Å². The summed E-state index contributed by atoms with van der Waals surface area (Å²) < 4.78 is 0. The van der Waals surface area contributed by atoms with Crippen molar-refractivity contribution in [3.05, 3.63) is 29.3 Å². The van der Waals surface area contributed by atoms with E-state index in [4.69, 9.17) is 0 Å². The van der Waals surface area contributed by atoms with Gasteiger partial charge in [-0.15, -0.1) is 0 Å². The van der Waals surface area contributed by atoms with Crippen LogP contribution in [0.15, 0.2) is 18.2 Å². The van der Waals surface area contributed by atoms with E-state index < -0.39 is 0 Å². The minimum Gasteiger partial charge on any atom is -0.325 e. The zero-order chi connectivity index (χ0) is 14.3. The molecule has 0 bridgehead atoms. The fourth-order valence-corrected chi connectivity index (χ4v) is 2.10. The van der Waals surface area contributed by atoms with Crippen LogP contribution in [0.2, 0.25) is 0 Å². The van der Waals surface area contributed by atoms with Gasteiger partial charge in [-0.3, -0.25) is 4.79 Å². The number of anilines is 1. The second kappa shape index (κ2) is 7.95. The Hall–Kier alpha value is -1.35. The molecule has 0 aromatic heterocycles. The van der Waals surface area contributed by atoms with Crippen molar-refractivity contribution in [2.45, 2.75) is 40.5 Å². The monoisotopic (exact) mass is 262 g/mol. The van der Waals surface area contributed by atoms with Crippen LogP contribution in [0, 0.1) is 5.92 Å². The Morgan fingerprint density at radius 2 is 1.74 bits per heavy atom. The first-order chi connectivity index (χ1) is 9.13. The summed E-state index contributed by atoms with van der Waals surface area (Å²) in [4.78, 5) is 12.2. The smallest absolute Gasteiger partial charge is 0.228 e. The molecule has 106 valence electrons. The molecule has 1 rings (SSSR count). The predicted octanol–water partition coefficient (Wildman–Crippen LogP) is 3.00. The molecule has 1 unspecified atom stereocenters. The van der Waals surface area contributed by atoms with E-state index in [0.717, 1.165) is 31.6 Å². The highest BCUT2D eigenvalue weighted by molar-refractivity contribution is 5.94. The van der Waals surface area contributed by atoms with Gasteiger partial charge in [0, 0.05) is 18.2 Å². The molecule has 1 atom stereocenters. The second-order valence-electron chi connectivity index (χ2n) is 4.86. The van der Waals surface area contributed by atoms with E-state index >= 15 is 0 Å². The number of carbonyl (C=O) groups is 1. The van der Waals surface area contributed by atoms with E-state index in [1.165, 1.54) is 11.1 Å². The molecule has 1 aromatic rings. The lowest BCUT2D eigenvalue weighted by Gasteiger charge is -2.17. The Labute approximate surface area is 116 Å². The number of carbonyl (C=O) groups excluding carboxylic acids is 1. The van der Waals surface area contributed by atoms with Crippen molar-refractivity contribution in [3.63, 3.8) is 0 Å². The van der Waals surface area contributed by atoms with E-state index in [1.54, 1.807) is 0 Å². The van der Waals surface area contributed by atoms with E-state index in [2.05, 4.69) is 42.7 Å². The molecule has 3 nitrogen and oxygen atoms in total. The number of hydrogen-bond acceptors (Lipinski definition) is 2. The van der Waals surface area contributed by atoms with Gasteiger partial charge in [0.15, 0.2) is 0 Å². The van der Waals surface area contributed by atoms with Crippen LogP contribution in [0.25, 0.3) is 0 Å². The van der Waals surface area contributed by atoms with Crippen LogP contribution >= 0.6 is 0 Å². The molecule has 3 heteroatoms. The maximum Gasteiger partial charge on any atom is 0.228 e. The van der Waals surface area contributed by atoms with Crippen LogP contribution in [0.4, 0.5) is 5.69 Å². The molecule has 0 saturated heterocycles. The van der Waals surface area contributed by atoms with Gasteiger partial charge in [0.1, 0.15) is 0 Å². The fourth-order valence-electron chi connectivity index (χ4n) is 2.10. The summed E-state index contributed by atoms with van der Waals surface area (Å²) in [6, 6.07) is 6.24. The highest BCUT2D eigenvalue weighted by atomic mass is 16.1. The summed E-state index contributed by atoms with van der Waals surface area (Å²) in [6.07, 6.45) is 1.87. The van der Waals surface area contributed by atoms with Gasteiger partial charge in [-0.25, -0.2) is 0 Å². The summed E-state index contributed by atoms with van der Waals surface area (Å²) >= 11 is 0. The summed E-state index contributed by atoms with van der Waals surface area (Å²) in [6.45, 7) is 9.85. The van der Waals surface area contributed by atoms with Crippen LogP contribution in [0.5, 0.6) is 0 Å². The van der Waals surface area contributed by atoms with Gasteiger partial charge in [0.25, 0.3) is 0 Å². The molecule has 1 amide bonds. The van der Waals surface area contributed by atoms with Crippen LogP contribution < -0.4 is 10.6 Å². The maximum absolute atomic E-state index is 12.2. The standard InChI is InChI=1S/C16H26N2O/c1-5-13-9-8-10-14(6-2)15(13)18-16(19)12(4)11-17-7-3/h8-10,12,17H,5-7,11H2,1-4H3,(H,18,19). The molecule has 19 heavy (non-hydrogen) atoms. The summed E-state index contributed by atoms with van der Waals surface area (Å²) in [5.74, 6) is 0.0751. The number of rotatable bonds is 7. The molecular weight excluding hydrogens is 236 g/mol. The van der Waals surface area contributed by atoms with Gasteiger partial charge in [-0.2, -0.15) is 0 Å². The van der Waals surface area contributed by atoms with Gasteiger partial charge >= 0.3 is 0 Å². The molecule has 0 heterocycles. The molecule has 0 fully saturated rings. The molecule has 0 saturated carbocycles. The zero-order valence-corrected chi connectivity index (χ0v) is 12.5. The van der Waals surface area contributed by atoms with E-state index in [1.807, 2.05) is 13.8 Å². The average Bonchev–Trinajstić information content (AvgIpc) is 2.44. The van der Waals surface area contributed by atoms with Crippen LogP contribution in [-0.4, -0.2) is 19.0 Å². The Morgan fingerprint density at radius 1 is 1.16 bits per heavy atom. The first-order valence-electron chi connectivity index (χ1n) is 7.26. The molecule has 0 aliphatic rings. The molecular formula is C16H26N2O. The molecule has 1 aromatic carbocycles. The van der Waals surface area contributed by atoms with Crippen LogP contribution in [0.3, 0.4) is 0 Å². The number of amides is 1. The minimum atomic E-state index is -0.0189. The van der Waals surface area contributed by atoms with Crippen LogP contribution in [0.1, 0.15) is 38.8 Å². The quantitative estimate of drug-likeness (QED) is 0.793. The third-order valence-corrected chi connectivity index (χ3v) is 3.40. The lowest BCUT2D eigenvalue weighted by molar-refractivity contribution is -0.119. The summed E-state index contributed by atoms with van der Waals surface area (Å²) in [5.41, 5.74) is 3.44. The average molecular weight is 262 g/mol. The first-order valence-corrected chi connectivity index (χ1v) is 7.26. The first kappa shape index (κ1) is 15.7. The number of benzene rings is 1. The van der Waals surface area contributed by atoms with Gasteiger partial charge < -0.3 is 10.6 Å². The second-order valence-corrected chi connectivity index (χ2v) is 4.86. The minimum absolute atomic E-state index is 0.0189. The zero-order valence-electron chi connectivity index (χ0n) is 12.5. The summed E-state index contributed by atoms with van der Waals surface area (Å²) in [5, 5.41) is 6.32. The Morgan fingerprint density at radius 3 is 2.21 bits per heavy atom. The normalized spacial score (nSPS) is 12.2. The number of hydrogen-bond donors (Lipinski definition) is 2. The van der Waals surface area contributed by atoms with Crippen molar-refractivity contribution < 1.29 is 4.79 Å². The molecule has 0 spiro atoms. The van der Waals surface area contributed by atoms with E-state index in [9.17, 15) is 4.79 Å². The van der Waals surface area contributed by atoms with Gasteiger partial charge in [-0.05, 0) is 30.5 Å². The topological polar surface area (TPSA) is 41.1 Å². The highest BCUT2D eigenvalue weighted by Gasteiger charge is 2.15. The van der Waals surface area contributed by atoms with Crippen molar-refractivity contribution in [1.82, 2.24) is 5.32 Å². The lowest BCUT2D eigenvalue weighted by atomic mass is 10.0. The maximum atomic E-state index is 12.2. The Balaban J connectivity index is 2.83. The SMILES string of the molecule is CCNCC(C)C(=O)Nc1c(CC)cccc1CC. The third kappa shape index (κ3) is 4.35. The summed E-state index contributed by atoms with van der Waals surface area (Å²) in [7, 11) is 0. The predicted molar refractivity (Wildman–Crippen MR) is 81.5 cm³/mol. The highest BCUT2D eigenvalue weighted by Crippen LogP contribution is 2.23. The third-order valence-electron chi connectivity index (χ3n) is 3.40. The lowest BCUT2D eigenvalue weighted by Crippen LogP contribution is -2.30. The van der Waals surface area contributed by atoms with Gasteiger partial charge in [0.2, 0.25) is 5.91 Å². The Kier molecular flexibility index (Phi) is 6.57. The molecule has 0 aliphatic carbocycles. The van der Waals surface area contributed by atoms with Crippen molar-refractivity contribution in [2.75, 3.05) is 18.4 Å². The van der Waals surface area contributed by atoms with Gasteiger partial charge in [0.05, 0.1) is 0 Å². The fraction of sp³-hybridized carbons (Fsp3) is 0.562.